The Labute approximate surface area is 115 Å². The van der Waals surface area contributed by atoms with Crippen molar-refractivity contribution in [3.05, 3.63) is 0 Å². The highest BCUT2D eigenvalue weighted by atomic mass is 16.6. The first-order valence-electron chi connectivity index (χ1n) is 7.47. The second kappa shape index (κ2) is 8.18. The third-order valence-electron chi connectivity index (χ3n) is 3.83. The van der Waals surface area contributed by atoms with Crippen LogP contribution in [-0.4, -0.2) is 25.2 Å². The van der Waals surface area contributed by atoms with Gasteiger partial charge in [0.05, 0.1) is 13.2 Å². The molecule has 0 aromatic heterocycles. The molecule has 0 N–H and O–H groups in total. The summed E-state index contributed by atoms with van der Waals surface area (Å²) in [4.78, 5) is 24.0. The van der Waals surface area contributed by atoms with Crippen LogP contribution in [0.2, 0.25) is 0 Å². The molecule has 0 amide bonds. The van der Waals surface area contributed by atoms with Crippen LogP contribution >= 0.6 is 0 Å². The Kier molecular flexibility index (Phi) is 6.89. The van der Waals surface area contributed by atoms with E-state index in [1.54, 1.807) is 13.8 Å². The summed E-state index contributed by atoms with van der Waals surface area (Å²) in [6.45, 7) is 6.30. The van der Waals surface area contributed by atoms with E-state index in [9.17, 15) is 9.59 Å². The van der Waals surface area contributed by atoms with Crippen LogP contribution in [0.15, 0.2) is 0 Å². The van der Waals surface area contributed by atoms with Gasteiger partial charge in [0.15, 0.2) is 5.92 Å². The van der Waals surface area contributed by atoms with E-state index in [0.717, 1.165) is 25.7 Å². The number of hydrogen-bond donors (Lipinski definition) is 0. The van der Waals surface area contributed by atoms with Crippen molar-refractivity contribution in [2.75, 3.05) is 13.2 Å². The van der Waals surface area contributed by atoms with Gasteiger partial charge in [-0.05, 0) is 38.5 Å². The van der Waals surface area contributed by atoms with Gasteiger partial charge in [-0.1, -0.05) is 26.2 Å². The Bertz CT molecular complexity index is 283. The molecule has 1 rings (SSSR count). The number of ether oxygens (including phenoxy) is 2. The molecule has 0 aromatic rings. The van der Waals surface area contributed by atoms with Crippen LogP contribution in [0.1, 0.15) is 52.9 Å². The fourth-order valence-corrected chi connectivity index (χ4v) is 3.03. The zero-order valence-corrected chi connectivity index (χ0v) is 12.3. The molecule has 2 unspecified atom stereocenters. The number of hydrogen-bond acceptors (Lipinski definition) is 4. The lowest BCUT2D eigenvalue weighted by Gasteiger charge is -2.20. The third-order valence-corrected chi connectivity index (χ3v) is 3.83. The van der Waals surface area contributed by atoms with E-state index in [1.165, 1.54) is 6.42 Å². The SMILES string of the molecule is CCCC1CCC(C(C(=O)OCC)C(=O)OCC)C1. The quantitative estimate of drug-likeness (QED) is 0.527. The van der Waals surface area contributed by atoms with Crippen LogP contribution < -0.4 is 0 Å². The van der Waals surface area contributed by atoms with E-state index in [0.29, 0.717) is 19.1 Å². The summed E-state index contributed by atoms with van der Waals surface area (Å²) in [7, 11) is 0. The lowest BCUT2D eigenvalue weighted by molar-refractivity contribution is -0.164. The highest BCUT2D eigenvalue weighted by Gasteiger charge is 2.41. The molecule has 0 radical (unpaired) electrons. The van der Waals surface area contributed by atoms with Crippen molar-refractivity contribution in [1.82, 2.24) is 0 Å². The van der Waals surface area contributed by atoms with Gasteiger partial charge < -0.3 is 9.47 Å². The van der Waals surface area contributed by atoms with Crippen molar-refractivity contribution in [2.24, 2.45) is 17.8 Å². The monoisotopic (exact) mass is 270 g/mol. The molecule has 1 aliphatic rings. The molecule has 0 aliphatic heterocycles. The van der Waals surface area contributed by atoms with Crippen LogP contribution in [0.5, 0.6) is 0 Å². The number of rotatable bonds is 7. The van der Waals surface area contributed by atoms with Gasteiger partial charge in [-0.15, -0.1) is 0 Å². The van der Waals surface area contributed by atoms with Crippen LogP contribution in [0.3, 0.4) is 0 Å². The smallest absolute Gasteiger partial charge is 0.320 e. The summed E-state index contributed by atoms with van der Waals surface area (Å²) in [5.74, 6) is -0.816. The lowest BCUT2D eigenvalue weighted by atomic mass is 9.89. The molecule has 4 heteroatoms. The van der Waals surface area contributed by atoms with Crippen LogP contribution in [-0.2, 0) is 19.1 Å². The van der Waals surface area contributed by atoms with Crippen molar-refractivity contribution >= 4 is 11.9 Å². The highest BCUT2D eigenvalue weighted by molar-refractivity contribution is 5.95. The Hall–Kier alpha value is -1.06. The average Bonchev–Trinajstić information content (AvgIpc) is 2.79. The maximum Gasteiger partial charge on any atom is 0.320 e. The Morgan fingerprint density at radius 3 is 2.11 bits per heavy atom. The third kappa shape index (κ3) is 4.51. The van der Waals surface area contributed by atoms with Gasteiger partial charge in [-0.3, -0.25) is 9.59 Å². The molecule has 0 bridgehead atoms. The first-order valence-corrected chi connectivity index (χ1v) is 7.47. The molecule has 4 nitrogen and oxygen atoms in total. The molecule has 0 heterocycles. The van der Waals surface area contributed by atoms with E-state index >= 15 is 0 Å². The van der Waals surface area contributed by atoms with Gasteiger partial charge in [0.25, 0.3) is 0 Å². The molecule has 19 heavy (non-hydrogen) atoms. The topological polar surface area (TPSA) is 52.6 Å². The predicted octanol–water partition coefficient (Wildman–Crippen LogP) is 2.95. The molecule has 0 saturated heterocycles. The minimum atomic E-state index is -0.721. The Balaban J connectivity index is 2.68. The van der Waals surface area contributed by atoms with Crippen molar-refractivity contribution < 1.29 is 19.1 Å². The average molecular weight is 270 g/mol. The summed E-state index contributed by atoms with van der Waals surface area (Å²) < 4.78 is 10.1. The van der Waals surface area contributed by atoms with Crippen molar-refractivity contribution in [3.8, 4) is 0 Å². The molecule has 1 aliphatic carbocycles. The van der Waals surface area contributed by atoms with E-state index < -0.39 is 17.9 Å². The van der Waals surface area contributed by atoms with Crippen LogP contribution in [0, 0.1) is 17.8 Å². The Morgan fingerprint density at radius 2 is 1.63 bits per heavy atom. The summed E-state index contributed by atoms with van der Waals surface area (Å²) in [5.41, 5.74) is 0. The van der Waals surface area contributed by atoms with E-state index in [-0.39, 0.29) is 5.92 Å². The molecule has 1 fully saturated rings. The summed E-state index contributed by atoms with van der Waals surface area (Å²) >= 11 is 0. The van der Waals surface area contributed by atoms with Crippen LogP contribution in [0.4, 0.5) is 0 Å². The summed E-state index contributed by atoms with van der Waals surface area (Å²) in [6, 6.07) is 0. The number of carbonyl (C=O) groups excluding carboxylic acids is 2. The molecular weight excluding hydrogens is 244 g/mol. The zero-order chi connectivity index (χ0) is 14.3. The largest absolute Gasteiger partial charge is 0.465 e. The molecular formula is C15H26O4. The van der Waals surface area contributed by atoms with Gasteiger partial charge >= 0.3 is 11.9 Å². The lowest BCUT2D eigenvalue weighted by Crippen LogP contribution is -2.33. The Morgan fingerprint density at radius 1 is 1.05 bits per heavy atom. The molecule has 0 spiro atoms. The van der Waals surface area contributed by atoms with Crippen molar-refractivity contribution in [1.29, 1.82) is 0 Å². The minimum Gasteiger partial charge on any atom is -0.465 e. The van der Waals surface area contributed by atoms with Gasteiger partial charge in [-0.25, -0.2) is 0 Å². The van der Waals surface area contributed by atoms with Gasteiger partial charge in [0, 0.05) is 0 Å². The minimum absolute atomic E-state index is 0.0923. The maximum atomic E-state index is 12.0. The molecule has 110 valence electrons. The molecule has 0 aromatic carbocycles. The van der Waals surface area contributed by atoms with Crippen LogP contribution in [0.25, 0.3) is 0 Å². The fraction of sp³-hybridized carbons (Fsp3) is 0.867. The molecule has 2 atom stereocenters. The summed E-state index contributed by atoms with van der Waals surface area (Å²) in [5, 5.41) is 0. The van der Waals surface area contributed by atoms with Gasteiger partial charge in [0.2, 0.25) is 0 Å². The predicted molar refractivity (Wildman–Crippen MR) is 72.5 cm³/mol. The van der Waals surface area contributed by atoms with Crippen molar-refractivity contribution in [3.63, 3.8) is 0 Å². The standard InChI is InChI=1S/C15H26O4/c1-4-7-11-8-9-12(10-11)13(14(16)18-5-2)15(17)19-6-3/h11-13H,4-10H2,1-3H3. The zero-order valence-electron chi connectivity index (χ0n) is 12.3. The van der Waals surface area contributed by atoms with Gasteiger partial charge in [0.1, 0.15) is 0 Å². The second-order valence-corrected chi connectivity index (χ2v) is 5.21. The fourth-order valence-electron chi connectivity index (χ4n) is 3.03. The van der Waals surface area contributed by atoms with E-state index in [1.807, 2.05) is 0 Å². The summed E-state index contributed by atoms with van der Waals surface area (Å²) in [6.07, 6.45) is 5.30. The normalized spacial score (nSPS) is 22.5. The second-order valence-electron chi connectivity index (χ2n) is 5.21. The number of carbonyl (C=O) groups is 2. The first-order chi connectivity index (χ1) is 9.13. The number of esters is 2. The molecule has 1 saturated carbocycles. The van der Waals surface area contributed by atoms with E-state index in [2.05, 4.69) is 6.92 Å². The first kappa shape index (κ1) is 16.0. The van der Waals surface area contributed by atoms with E-state index in [4.69, 9.17) is 9.47 Å². The van der Waals surface area contributed by atoms with Crippen molar-refractivity contribution in [2.45, 2.75) is 52.9 Å². The highest BCUT2D eigenvalue weighted by Crippen LogP contribution is 2.39. The maximum absolute atomic E-state index is 12.0. The van der Waals surface area contributed by atoms with Gasteiger partial charge in [-0.2, -0.15) is 0 Å².